The molecule has 1 amide bonds. The van der Waals surface area contributed by atoms with Gasteiger partial charge in [0.2, 0.25) is 5.91 Å². The number of halogens is 1. The number of carbonyl (C=O) groups is 1. The number of unbranched alkanes of at least 4 members (excludes halogenated alkanes) is 1. The van der Waals surface area contributed by atoms with E-state index in [4.69, 9.17) is 4.74 Å². The first kappa shape index (κ1) is 22.7. The first-order valence-corrected chi connectivity index (χ1v) is 9.55. The van der Waals surface area contributed by atoms with E-state index in [1.807, 2.05) is 0 Å². The third kappa shape index (κ3) is 8.88. The lowest BCUT2D eigenvalue weighted by molar-refractivity contribution is -0.121. The molecule has 1 aliphatic rings. The highest BCUT2D eigenvalue weighted by atomic mass is 35.5. The summed E-state index contributed by atoms with van der Waals surface area (Å²) < 4.78 is 5.82. The molecule has 1 aromatic carbocycles. The maximum atomic E-state index is 11.9. The van der Waals surface area contributed by atoms with Crippen molar-refractivity contribution in [3.8, 4) is 5.75 Å². The zero-order chi connectivity index (χ0) is 17.9. The third-order valence-electron chi connectivity index (χ3n) is 4.58. The lowest BCUT2D eigenvalue weighted by atomic mass is 10.1. The highest BCUT2D eigenvalue weighted by Crippen LogP contribution is 2.19. The first-order valence-electron chi connectivity index (χ1n) is 9.55. The van der Waals surface area contributed by atoms with Crippen molar-refractivity contribution in [1.82, 2.24) is 15.5 Å². The van der Waals surface area contributed by atoms with Gasteiger partial charge in [0.05, 0.1) is 6.61 Å². The van der Waals surface area contributed by atoms with E-state index in [-0.39, 0.29) is 18.3 Å². The predicted molar refractivity (Wildman–Crippen MR) is 109 cm³/mol. The molecule has 148 valence electrons. The van der Waals surface area contributed by atoms with E-state index in [0.717, 1.165) is 69.8 Å². The zero-order valence-electron chi connectivity index (χ0n) is 16.2. The number of hydrogen-bond donors (Lipinski definition) is 2. The van der Waals surface area contributed by atoms with E-state index in [1.54, 1.807) is 0 Å². The highest BCUT2D eigenvalue weighted by Gasteiger charge is 2.08. The molecule has 5 nitrogen and oxygen atoms in total. The maximum Gasteiger partial charge on any atom is 0.219 e. The van der Waals surface area contributed by atoms with Crippen molar-refractivity contribution in [2.45, 2.75) is 39.5 Å². The topological polar surface area (TPSA) is 53.6 Å². The first-order chi connectivity index (χ1) is 12.1. The van der Waals surface area contributed by atoms with Gasteiger partial charge in [-0.1, -0.05) is 12.1 Å². The molecule has 0 saturated carbocycles. The molecule has 1 aliphatic heterocycles. The molecule has 0 bridgehead atoms. The summed E-state index contributed by atoms with van der Waals surface area (Å²) >= 11 is 0. The Bertz CT molecular complexity index is 534. The summed E-state index contributed by atoms with van der Waals surface area (Å²) in [5.74, 6) is 1.12. The van der Waals surface area contributed by atoms with E-state index in [1.165, 1.54) is 5.56 Å². The third-order valence-corrected chi connectivity index (χ3v) is 4.58. The van der Waals surface area contributed by atoms with Crippen LogP contribution in [0.5, 0.6) is 5.75 Å². The van der Waals surface area contributed by atoms with Crippen LogP contribution in [0.3, 0.4) is 0 Å². The van der Waals surface area contributed by atoms with Crippen LogP contribution in [-0.2, 0) is 4.79 Å². The van der Waals surface area contributed by atoms with Gasteiger partial charge in [0.25, 0.3) is 0 Å². The van der Waals surface area contributed by atoms with Gasteiger partial charge >= 0.3 is 0 Å². The van der Waals surface area contributed by atoms with E-state index in [0.29, 0.717) is 13.0 Å². The minimum atomic E-state index is 0. The largest absolute Gasteiger partial charge is 0.493 e. The second-order valence-corrected chi connectivity index (χ2v) is 6.87. The van der Waals surface area contributed by atoms with Crippen molar-refractivity contribution < 1.29 is 9.53 Å². The molecule has 26 heavy (non-hydrogen) atoms. The van der Waals surface area contributed by atoms with Crippen LogP contribution in [-0.4, -0.2) is 56.7 Å². The highest BCUT2D eigenvalue weighted by molar-refractivity contribution is 5.85. The predicted octanol–water partition coefficient (Wildman–Crippen LogP) is 2.69. The Kier molecular flexibility index (Phi) is 11.3. The minimum Gasteiger partial charge on any atom is -0.493 e. The molecular formula is C20H34ClN3O2. The molecular weight excluding hydrogens is 350 g/mol. The van der Waals surface area contributed by atoms with Gasteiger partial charge in [-0.15, -0.1) is 12.4 Å². The molecule has 0 spiro atoms. The van der Waals surface area contributed by atoms with Crippen molar-refractivity contribution in [2.75, 3.05) is 45.9 Å². The molecule has 1 aromatic rings. The van der Waals surface area contributed by atoms with E-state index in [2.05, 4.69) is 47.6 Å². The van der Waals surface area contributed by atoms with Crippen molar-refractivity contribution in [2.24, 2.45) is 0 Å². The average molecular weight is 384 g/mol. The molecule has 2 rings (SSSR count). The summed E-state index contributed by atoms with van der Waals surface area (Å²) in [6.07, 6.45) is 3.39. The molecule has 6 heteroatoms. The van der Waals surface area contributed by atoms with Crippen molar-refractivity contribution in [3.63, 3.8) is 0 Å². The number of nitrogens with one attached hydrogen (secondary N) is 2. The summed E-state index contributed by atoms with van der Waals surface area (Å²) in [6.45, 7) is 11.0. The summed E-state index contributed by atoms with van der Waals surface area (Å²) in [5, 5.41) is 6.38. The summed E-state index contributed by atoms with van der Waals surface area (Å²) in [7, 11) is 0. The number of amides is 1. The van der Waals surface area contributed by atoms with Crippen LogP contribution in [0.4, 0.5) is 0 Å². The van der Waals surface area contributed by atoms with Gasteiger partial charge in [-0.2, -0.15) is 0 Å². The number of hydrogen-bond acceptors (Lipinski definition) is 4. The number of rotatable bonds is 10. The van der Waals surface area contributed by atoms with E-state index in [9.17, 15) is 4.79 Å². The number of benzene rings is 1. The lowest BCUT2D eigenvalue weighted by Gasteiger charge is -2.27. The van der Waals surface area contributed by atoms with E-state index < -0.39 is 0 Å². The quantitative estimate of drug-likeness (QED) is 0.610. The van der Waals surface area contributed by atoms with Gasteiger partial charge in [0.1, 0.15) is 5.75 Å². The van der Waals surface area contributed by atoms with Gasteiger partial charge in [-0.05, 0) is 56.8 Å². The fraction of sp³-hybridized carbons (Fsp3) is 0.650. The molecule has 0 atom stereocenters. The molecule has 0 aliphatic carbocycles. The average Bonchev–Trinajstić information content (AvgIpc) is 2.62. The monoisotopic (exact) mass is 383 g/mol. The van der Waals surface area contributed by atoms with Crippen LogP contribution in [0.15, 0.2) is 18.2 Å². The Morgan fingerprint density at radius 3 is 2.73 bits per heavy atom. The minimum absolute atomic E-state index is 0. The number of aryl methyl sites for hydroxylation is 2. The molecule has 1 fully saturated rings. The van der Waals surface area contributed by atoms with Crippen molar-refractivity contribution >= 4 is 18.3 Å². The number of carbonyl (C=O) groups excluding carboxylic acids is 1. The maximum absolute atomic E-state index is 11.9. The van der Waals surface area contributed by atoms with Gasteiger partial charge in [-0.3, -0.25) is 4.79 Å². The van der Waals surface area contributed by atoms with Gasteiger partial charge in [0.15, 0.2) is 0 Å². The van der Waals surface area contributed by atoms with Crippen LogP contribution in [0.25, 0.3) is 0 Å². The molecule has 1 heterocycles. The summed E-state index contributed by atoms with van der Waals surface area (Å²) in [6, 6.07) is 6.24. The molecule has 0 unspecified atom stereocenters. The Labute approximate surface area is 164 Å². The van der Waals surface area contributed by atoms with Crippen molar-refractivity contribution in [3.05, 3.63) is 29.3 Å². The van der Waals surface area contributed by atoms with Gasteiger partial charge in [0, 0.05) is 39.1 Å². The van der Waals surface area contributed by atoms with Crippen LogP contribution in [0.1, 0.15) is 36.8 Å². The second kappa shape index (κ2) is 13.0. The fourth-order valence-electron chi connectivity index (χ4n) is 2.99. The smallest absolute Gasteiger partial charge is 0.219 e. The molecule has 1 saturated heterocycles. The Morgan fingerprint density at radius 2 is 1.96 bits per heavy atom. The fourth-order valence-corrected chi connectivity index (χ4v) is 2.99. The SMILES string of the molecule is Cc1ccc(C)c(OCCCCC(=O)NCCCN2CCNCC2)c1.Cl. The van der Waals surface area contributed by atoms with Crippen LogP contribution < -0.4 is 15.4 Å². The molecule has 0 radical (unpaired) electrons. The Hall–Kier alpha value is -1.30. The summed E-state index contributed by atoms with van der Waals surface area (Å²) in [4.78, 5) is 14.3. The normalized spacial score (nSPS) is 14.5. The van der Waals surface area contributed by atoms with Crippen molar-refractivity contribution in [1.29, 1.82) is 0 Å². The Morgan fingerprint density at radius 1 is 1.19 bits per heavy atom. The number of ether oxygens (including phenoxy) is 1. The Balaban J connectivity index is 0.00000338. The van der Waals surface area contributed by atoms with Crippen LogP contribution in [0.2, 0.25) is 0 Å². The molecule has 0 aromatic heterocycles. The zero-order valence-corrected chi connectivity index (χ0v) is 17.0. The van der Waals surface area contributed by atoms with Crippen LogP contribution >= 0.6 is 12.4 Å². The lowest BCUT2D eigenvalue weighted by Crippen LogP contribution is -2.44. The van der Waals surface area contributed by atoms with Gasteiger partial charge < -0.3 is 20.3 Å². The second-order valence-electron chi connectivity index (χ2n) is 6.87. The van der Waals surface area contributed by atoms with Crippen LogP contribution in [0, 0.1) is 13.8 Å². The molecule has 2 N–H and O–H groups in total. The number of nitrogens with zero attached hydrogens (tertiary/aromatic N) is 1. The standard InChI is InChI=1S/C20H33N3O2.ClH/c1-17-7-8-18(2)19(16-17)25-15-4-3-6-20(24)22-9-5-12-23-13-10-21-11-14-23;/h7-8,16,21H,3-6,9-15H2,1-2H3,(H,22,24);1H. The number of piperazine rings is 1. The van der Waals surface area contributed by atoms with Gasteiger partial charge in [-0.25, -0.2) is 0 Å². The summed E-state index contributed by atoms with van der Waals surface area (Å²) in [5.41, 5.74) is 2.37. The van der Waals surface area contributed by atoms with E-state index >= 15 is 0 Å².